The maximum absolute atomic E-state index is 6.13. The minimum absolute atomic E-state index is 0.228. The summed E-state index contributed by atoms with van der Waals surface area (Å²) in [5, 5.41) is 0.714. The Morgan fingerprint density at radius 2 is 2.11 bits per heavy atom. The van der Waals surface area contributed by atoms with Crippen molar-refractivity contribution in [1.82, 2.24) is 4.98 Å². The Kier molecular flexibility index (Phi) is 4.82. The van der Waals surface area contributed by atoms with Crippen molar-refractivity contribution in [2.24, 2.45) is 0 Å². The summed E-state index contributed by atoms with van der Waals surface area (Å²) in [5.74, 6) is 0. The highest BCUT2D eigenvalue weighted by molar-refractivity contribution is 9.11. The quantitative estimate of drug-likeness (QED) is 0.633. The lowest BCUT2D eigenvalue weighted by molar-refractivity contribution is 0.937. The number of hydrogen-bond acceptors (Lipinski definition) is 1. The third kappa shape index (κ3) is 3.34. The zero-order chi connectivity index (χ0) is 13.1. The summed E-state index contributed by atoms with van der Waals surface area (Å²) in [6, 6.07) is 8.30. The first-order valence-corrected chi connectivity index (χ1v) is 7.65. The van der Waals surface area contributed by atoms with E-state index in [9.17, 15) is 0 Å². The summed E-state index contributed by atoms with van der Waals surface area (Å²) in [4.78, 5) is 4.23. The van der Waals surface area contributed by atoms with Crippen LogP contribution in [0.3, 0.4) is 0 Å². The van der Waals surface area contributed by atoms with Gasteiger partial charge in [0.1, 0.15) is 0 Å². The van der Waals surface area contributed by atoms with Crippen molar-refractivity contribution in [1.29, 1.82) is 0 Å². The Morgan fingerprint density at radius 3 is 2.83 bits per heavy atom. The molecule has 0 spiro atoms. The molecule has 94 valence electrons. The summed E-state index contributed by atoms with van der Waals surface area (Å²) in [7, 11) is 0. The first-order chi connectivity index (χ1) is 8.58. The number of hydrogen-bond donors (Lipinski definition) is 0. The van der Waals surface area contributed by atoms with Gasteiger partial charge in [-0.05, 0) is 36.6 Å². The number of aromatic nitrogens is 1. The van der Waals surface area contributed by atoms with Crippen LogP contribution >= 0.6 is 43.5 Å². The molecule has 2 rings (SSSR count). The average molecular weight is 390 g/mol. The van der Waals surface area contributed by atoms with E-state index in [0.717, 1.165) is 16.5 Å². The number of halogens is 3. The van der Waals surface area contributed by atoms with E-state index in [1.165, 1.54) is 11.1 Å². The van der Waals surface area contributed by atoms with E-state index in [1.807, 2.05) is 6.07 Å². The molecule has 0 aliphatic heterocycles. The first-order valence-electron chi connectivity index (χ1n) is 5.56. The van der Waals surface area contributed by atoms with Crippen LogP contribution in [0, 0.1) is 6.92 Å². The molecule has 0 radical (unpaired) electrons. The highest BCUT2D eigenvalue weighted by atomic mass is 79.9. The van der Waals surface area contributed by atoms with Gasteiger partial charge in [-0.3, -0.25) is 4.98 Å². The van der Waals surface area contributed by atoms with Gasteiger partial charge in [0.05, 0.1) is 5.02 Å². The number of nitrogens with zero attached hydrogens (tertiary/aromatic N) is 1. The molecule has 0 saturated heterocycles. The summed E-state index contributed by atoms with van der Waals surface area (Å²) >= 11 is 13.5. The zero-order valence-electron chi connectivity index (χ0n) is 9.83. The molecule has 1 heterocycles. The van der Waals surface area contributed by atoms with Crippen LogP contribution < -0.4 is 0 Å². The van der Waals surface area contributed by atoms with Gasteiger partial charge < -0.3 is 0 Å². The molecule has 0 aliphatic rings. The monoisotopic (exact) mass is 387 g/mol. The highest BCUT2D eigenvalue weighted by Crippen LogP contribution is 2.34. The third-order valence-corrected chi connectivity index (χ3v) is 4.62. The normalized spacial score (nSPS) is 12.4. The average Bonchev–Trinajstić information content (AvgIpc) is 2.35. The molecule has 1 nitrogen and oxygen atoms in total. The molecule has 2 aromatic rings. The zero-order valence-corrected chi connectivity index (χ0v) is 13.8. The standard InChI is InChI=1S/C14H12Br2ClN/c1-9-2-3-12(15)11(6-9)13(16)7-10-4-5-18-8-14(10)17/h2-6,8,13H,7H2,1H3. The molecule has 4 heteroatoms. The van der Waals surface area contributed by atoms with E-state index >= 15 is 0 Å². The molecule has 0 saturated carbocycles. The maximum atomic E-state index is 6.13. The van der Waals surface area contributed by atoms with Crippen LogP contribution in [0.25, 0.3) is 0 Å². The minimum atomic E-state index is 0.228. The van der Waals surface area contributed by atoms with E-state index in [2.05, 4.69) is 62.0 Å². The molecular weight excluding hydrogens is 377 g/mol. The Labute approximate surface area is 129 Å². The second-order valence-electron chi connectivity index (χ2n) is 4.16. The third-order valence-electron chi connectivity index (χ3n) is 2.74. The van der Waals surface area contributed by atoms with Crippen LogP contribution in [0.1, 0.15) is 21.5 Å². The Bertz CT molecular complexity index is 557. The van der Waals surface area contributed by atoms with Crippen LogP contribution in [0.2, 0.25) is 5.02 Å². The SMILES string of the molecule is Cc1ccc(Br)c(C(Br)Cc2ccncc2Cl)c1. The van der Waals surface area contributed by atoms with Gasteiger partial charge >= 0.3 is 0 Å². The lowest BCUT2D eigenvalue weighted by atomic mass is 10.0. The molecule has 0 amide bonds. The smallest absolute Gasteiger partial charge is 0.0621 e. The molecule has 0 aliphatic carbocycles. The molecule has 1 atom stereocenters. The molecule has 18 heavy (non-hydrogen) atoms. The number of alkyl halides is 1. The molecule has 0 fully saturated rings. The van der Waals surface area contributed by atoms with Crippen molar-refractivity contribution >= 4 is 43.5 Å². The second kappa shape index (κ2) is 6.18. The lowest BCUT2D eigenvalue weighted by Gasteiger charge is -2.14. The van der Waals surface area contributed by atoms with Crippen molar-refractivity contribution in [3.05, 3.63) is 62.8 Å². The fourth-order valence-electron chi connectivity index (χ4n) is 1.78. The van der Waals surface area contributed by atoms with E-state index in [0.29, 0.717) is 5.02 Å². The van der Waals surface area contributed by atoms with Crippen LogP contribution in [-0.4, -0.2) is 4.98 Å². The fraction of sp³-hybridized carbons (Fsp3) is 0.214. The van der Waals surface area contributed by atoms with Crippen molar-refractivity contribution in [2.75, 3.05) is 0 Å². The van der Waals surface area contributed by atoms with Crippen molar-refractivity contribution in [3.63, 3.8) is 0 Å². The van der Waals surface area contributed by atoms with Crippen molar-refractivity contribution < 1.29 is 0 Å². The van der Waals surface area contributed by atoms with Crippen LogP contribution in [0.5, 0.6) is 0 Å². The van der Waals surface area contributed by atoms with Gasteiger partial charge in [0.15, 0.2) is 0 Å². The van der Waals surface area contributed by atoms with Gasteiger partial charge in [-0.15, -0.1) is 0 Å². The summed E-state index contributed by atoms with van der Waals surface area (Å²) in [5.41, 5.74) is 3.59. The van der Waals surface area contributed by atoms with E-state index in [1.54, 1.807) is 12.4 Å². The summed E-state index contributed by atoms with van der Waals surface area (Å²) in [6.45, 7) is 2.09. The van der Waals surface area contributed by atoms with E-state index in [-0.39, 0.29) is 4.83 Å². The Morgan fingerprint density at radius 1 is 1.33 bits per heavy atom. The van der Waals surface area contributed by atoms with Gasteiger partial charge in [-0.2, -0.15) is 0 Å². The topological polar surface area (TPSA) is 12.9 Å². The van der Waals surface area contributed by atoms with Crippen molar-refractivity contribution in [3.8, 4) is 0 Å². The van der Waals surface area contributed by atoms with E-state index < -0.39 is 0 Å². The highest BCUT2D eigenvalue weighted by Gasteiger charge is 2.13. The van der Waals surface area contributed by atoms with Gasteiger partial charge in [-0.25, -0.2) is 0 Å². The van der Waals surface area contributed by atoms with Crippen LogP contribution in [0.4, 0.5) is 0 Å². The van der Waals surface area contributed by atoms with Gasteiger partial charge in [0.2, 0.25) is 0 Å². The molecule has 1 aromatic carbocycles. The number of pyridine rings is 1. The largest absolute Gasteiger partial charge is 0.263 e. The molecule has 1 aromatic heterocycles. The maximum Gasteiger partial charge on any atom is 0.0621 e. The number of aryl methyl sites for hydroxylation is 1. The molecule has 0 bridgehead atoms. The van der Waals surface area contributed by atoms with Gasteiger partial charge in [0.25, 0.3) is 0 Å². The van der Waals surface area contributed by atoms with Crippen molar-refractivity contribution in [2.45, 2.75) is 18.2 Å². The Hall–Kier alpha value is -0.380. The fourth-order valence-corrected chi connectivity index (χ4v) is 3.53. The van der Waals surface area contributed by atoms with Gasteiger partial charge in [0, 0.05) is 21.7 Å². The summed E-state index contributed by atoms with van der Waals surface area (Å²) < 4.78 is 1.11. The molecule has 0 N–H and O–H groups in total. The number of benzene rings is 1. The Balaban J connectivity index is 2.25. The van der Waals surface area contributed by atoms with Crippen LogP contribution in [-0.2, 0) is 6.42 Å². The first kappa shape index (κ1) is 14.0. The minimum Gasteiger partial charge on any atom is -0.263 e. The molecule has 1 unspecified atom stereocenters. The molecular formula is C14H12Br2ClN. The predicted molar refractivity (Wildman–Crippen MR) is 83.5 cm³/mol. The van der Waals surface area contributed by atoms with Gasteiger partial charge in [-0.1, -0.05) is 61.2 Å². The van der Waals surface area contributed by atoms with Crippen LogP contribution in [0.15, 0.2) is 41.1 Å². The van der Waals surface area contributed by atoms with E-state index in [4.69, 9.17) is 11.6 Å². The number of rotatable bonds is 3. The second-order valence-corrected chi connectivity index (χ2v) is 6.53. The predicted octanol–water partition coefficient (Wildman–Crippen LogP) is 5.48. The lowest BCUT2D eigenvalue weighted by Crippen LogP contribution is -1.98. The summed E-state index contributed by atoms with van der Waals surface area (Å²) in [6.07, 6.45) is 4.29.